The van der Waals surface area contributed by atoms with Crippen LogP contribution in [0.3, 0.4) is 0 Å². The Morgan fingerprint density at radius 1 is 0.788 bits per heavy atom. The second-order valence-corrected chi connectivity index (χ2v) is 10.1. The average Bonchev–Trinajstić information content (AvgIpc) is 2.86. The van der Waals surface area contributed by atoms with Gasteiger partial charge < -0.3 is 5.32 Å². The molecule has 1 heterocycles. The molecule has 0 spiro atoms. The molecule has 0 aliphatic carbocycles. The third-order valence-corrected chi connectivity index (χ3v) is 7.75. The van der Waals surface area contributed by atoms with E-state index < -0.39 is 10.0 Å². The maximum atomic E-state index is 13.2. The summed E-state index contributed by atoms with van der Waals surface area (Å²) in [5, 5.41) is 2.88. The number of hydrogen-bond donors (Lipinski definition) is 1. The number of nitrogens with zero attached hydrogens (tertiary/aromatic N) is 2. The van der Waals surface area contributed by atoms with E-state index in [9.17, 15) is 13.2 Å². The van der Waals surface area contributed by atoms with Crippen molar-refractivity contribution in [1.82, 2.24) is 14.5 Å². The molecule has 0 radical (unpaired) electrons. The average molecular weight is 464 g/mol. The molecule has 3 aromatic rings. The zero-order valence-electron chi connectivity index (χ0n) is 18.6. The van der Waals surface area contributed by atoms with Gasteiger partial charge in [-0.15, -0.1) is 0 Å². The van der Waals surface area contributed by atoms with E-state index in [1.165, 1.54) is 15.9 Å². The van der Waals surface area contributed by atoms with Gasteiger partial charge in [-0.2, -0.15) is 4.31 Å². The smallest absolute Gasteiger partial charge is 0.251 e. The van der Waals surface area contributed by atoms with Crippen LogP contribution in [0.25, 0.3) is 0 Å². The number of amides is 1. The molecule has 0 aromatic heterocycles. The van der Waals surface area contributed by atoms with Crippen molar-refractivity contribution in [3.05, 3.63) is 102 Å². The van der Waals surface area contributed by atoms with Crippen LogP contribution < -0.4 is 5.32 Å². The Bertz CT molecular complexity index is 1160. The molecule has 0 unspecified atom stereocenters. The Balaban J connectivity index is 1.34. The van der Waals surface area contributed by atoms with Gasteiger partial charge in [-0.3, -0.25) is 9.69 Å². The van der Waals surface area contributed by atoms with Crippen molar-refractivity contribution in [2.45, 2.75) is 17.9 Å². The highest BCUT2D eigenvalue weighted by Gasteiger charge is 2.29. The van der Waals surface area contributed by atoms with Crippen LogP contribution in [0, 0.1) is 0 Å². The number of carbonyl (C=O) groups is 1. The molecule has 1 aliphatic heterocycles. The predicted molar refractivity (Wildman–Crippen MR) is 129 cm³/mol. The Morgan fingerprint density at radius 3 is 2.09 bits per heavy atom. The van der Waals surface area contributed by atoms with Gasteiger partial charge in [0.05, 0.1) is 4.90 Å². The zero-order chi connectivity index (χ0) is 23.1. The molecule has 0 bridgehead atoms. The van der Waals surface area contributed by atoms with E-state index in [1.807, 2.05) is 48.5 Å². The van der Waals surface area contributed by atoms with Crippen LogP contribution in [0.2, 0.25) is 0 Å². The van der Waals surface area contributed by atoms with E-state index in [1.54, 1.807) is 18.2 Å². The summed E-state index contributed by atoms with van der Waals surface area (Å²) in [6.07, 6.45) is 0.720. The summed E-state index contributed by atoms with van der Waals surface area (Å²) in [5.74, 6) is -0.268. The molecule has 7 heteroatoms. The van der Waals surface area contributed by atoms with Gasteiger partial charge in [0.2, 0.25) is 10.0 Å². The summed E-state index contributed by atoms with van der Waals surface area (Å²) in [5.41, 5.74) is 2.71. The third kappa shape index (κ3) is 6.07. The van der Waals surface area contributed by atoms with Crippen LogP contribution >= 0.6 is 0 Å². The molecule has 172 valence electrons. The van der Waals surface area contributed by atoms with Gasteiger partial charge in [0.25, 0.3) is 5.91 Å². The highest BCUT2D eigenvalue weighted by atomic mass is 32.2. The maximum absolute atomic E-state index is 13.2. The Labute approximate surface area is 195 Å². The summed E-state index contributed by atoms with van der Waals surface area (Å²) < 4.78 is 27.9. The second-order valence-electron chi connectivity index (χ2n) is 8.19. The molecular formula is C26H29N3O3S. The first kappa shape index (κ1) is 23.2. The number of piperazine rings is 1. The van der Waals surface area contributed by atoms with Crippen LogP contribution in [-0.4, -0.2) is 56.3 Å². The lowest BCUT2D eigenvalue weighted by Crippen LogP contribution is -2.48. The first-order chi connectivity index (χ1) is 16.0. The van der Waals surface area contributed by atoms with Crippen molar-refractivity contribution >= 4 is 15.9 Å². The molecule has 1 amide bonds. The molecule has 3 aromatic carbocycles. The van der Waals surface area contributed by atoms with Crippen LogP contribution in [-0.2, 0) is 23.0 Å². The quantitative estimate of drug-likeness (QED) is 0.557. The fraction of sp³-hybridized carbons (Fsp3) is 0.269. The van der Waals surface area contributed by atoms with Crippen molar-refractivity contribution in [3.63, 3.8) is 0 Å². The van der Waals surface area contributed by atoms with Gasteiger partial charge in [0.15, 0.2) is 0 Å². The van der Waals surface area contributed by atoms with Crippen LogP contribution in [0.4, 0.5) is 0 Å². The minimum Gasteiger partial charge on any atom is -0.352 e. The van der Waals surface area contributed by atoms with E-state index in [4.69, 9.17) is 0 Å². The minimum absolute atomic E-state index is 0.162. The van der Waals surface area contributed by atoms with Crippen molar-refractivity contribution in [2.24, 2.45) is 0 Å². The van der Waals surface area contributed by atoms with Crippen LogP contribution in [0.5, 0.6) is 0 Å². The summed E-state index contributed by atoms with van der Waals surface area (Å²) in [6.45, 7) is 3.52. The number of carbonyl (C=O) groups excluding carboxylic acids is 1. The Kier molecular flexibility index (Phi) is 7.54. The van der Waals surface area contributed by atoms with Gasteiger partial charge in [-0.1, -0.05) is 66.7 Å². The van der Waals surface area contributed by atoms with Crippen molar-refractivity contribution in [2.75, 3.05) is 32.7 Å². The monoisotopic (exact) mass is 463 g/mol. The molecule has 0 atom stereocenters. The summed E-state index contributed by atoms with van der Waals surface area (Å²) >= 11 is 0. The lowest BCUT2D eigenvalue weighted by molar-refractivity contribution is 0.0954. The van der Waals surface area contributed by atoms with Gasteiger partial charge in [-0.05, 0) is 35.7 Å². The molecule has 4 rings (SSSR count). The lowest BCUT2D eigenvalue weighted by Gasteiger charge is -2.34. The number of rotatable bonds is 8. The highest BCUT2D eigenvalue weighted by molar-refractivity contribution is 7.89. The normalized spacial score (nSPS) is 15.3. The van der Waals surface area contributed by atoms with Crippen molar-refractivity contribution < 1.29 is 13.2 Å². The van der Waals surface area contributed by atoms with Crippen LogP contribution in [0.15, 0.2) is 89.8 Å². The van der Waals surface area contributed by atoms with Gasteiger partial charge in [0, 0.05) is 44.8 Å². The fourth-order valence-electron chi connectivity index (χ4n) is 3.98. The molecule has 1 aliphatic rings. The Hall–Kier alpha value is -3.00. The maximum Gasteiger partial charge on any atom is 0.251 e. The molecule has 1 fully saturated rings. The van der Waals surface area contributed by atoms with E-state index in [2.05, 4.69) is 22.3 Å². The molecule has 6 nitrogen and oxygen atoms in total. The molecule has 0 saturated carbocycles. The summed E-state index contributed by atoms with van der Waals surface area (Å²) in [6, 6.07) is 26.4. The molecule has 33 heavy (non-hydrogen) atoms. The third-order valence-electron chi connectivity index (χ3n) is 5.86. The molecule has 1 N–H and O–H groups in total. The predicted octanol–water partition coefficient (Wildman–Crippen LogP) is 3.17. The second kappa shape index (κ2) is 10.7. The number of benzene rings is 3. The van der Waals surface area contributed by atoms with E-state index >= 15 is 0 Å². The Morgan fingerprint density at radius 2 is 1.42 bits per heavy atom. The first-order valence-corrected chi connectivity index (χ1v) is 12.6. The zero-order valence-corrected chi connectivity index (χ0v) is 19.4. The molecule has 1 saturated heterocycles. The first-order valence-electron chi connectivity index (χ1n) is 11.2. The number of sulfonamides is 1. The number of nitrogens with one attached hydrogen (secondary N) is 1. The van der Waals surface area contributed by atoms with Crippen molar-refractivity contribution in [3.8, 4) is 0 Å². The molecular weight excluding hydrogens is 434 g/mol. The van der Waals surface area contributed by atoms with Crippen LogP contribution in [0.1, 0.15) is 21.5 Å². The standard InChI is InChI=1S/C26H29N3O3S/c30-26(27-15-14-22-8-3-1-4-9-22)24-12-7-13-25(20-24)33(31,32)29-18-16-28(17-19-29)21-23-10-5-2-6-11-23/h1-13,20H,14-19,21H2,(H,27,30). The van der Waals surface area contributed by atoms with Gasteiger partial charge in [-0.25, -0.2) is 8.42 Å². The minimum atomic E-state index is -3.65. The highest BCUT2D eigenvalue weighted by Crippen LogP contribution is 2.20. The largest absolute Gasteiger partial charge is 0.352 e. The fourth-order valence-corrected chi connectivity index (χ4v) is 5.45. The van der Waals surface area contributed by atoms with Crippen molar-refractivity contribution in [1.29, 1.82) is 0 Å². The summed E-state index contributed by atoms with van der Waals surface area (Å²) in [7, 11) is -3.65. The SMILES string of the molecule is O=C(NCCc1ccccc1)c1cccc(S(=O)(=O)N2CCN(Cc3ccccc3)CC2)c1. The lowest BCUT2D eigenvalue weighted by atomic mass is 10.1. The van der Waals surface area contributed by atoms with Gasteiger partial charge >= 0.3 is 0 Å². The summed E-state index contributed by atoms with van der Waals surface area (Å²) in [4.78, 5) is 15.0. The van der Waals surface area contributed by atoms with E-state index in [0.717, 1.165) is 18.5 Å². The van der Waals surface area contributed by atoms with E-state index in [-0.39, 0.29) is 10.8 Å². The number of hydrogen-bond acceptors (Lipinski definition) is 4. The topological polar surface area (TPSA) is 69.7 Å². The van der Waals surface area contributed by atoms with E-state index in [0.29, 0.717) is 38.3 Å². The van der Waals surface area contributed by atoms with Gasteiger partial charge in [0.1, 0.15) is 0 Å².